The smallest absolute Gasteiger partial charge is 0.261 e. The fourth-order valence-corrected chi connectivity index (χ4v) is 4.69. The Hall–Kier alpha value is -4.79. The molecule has 3 aromatic carbocycles. The lowest BCUT2D eigenvalue weighted by molar-refractivity contribution is -0.115. The van der Waals surface area contributed by atoms with Gasteiger partial charge in [0.2, 0.25) is 5.91 Å². The second-order valence-electron chi connectivity index (χ2n) is 8.81. The van der Waals surface area contributed by atoms with Crippen molar-refractivity contribution in [2.45, 2.75) is 19.4 Å². The Bertz CT molecular complexity index is 1620. The van der Waals surface area contributed by atoms with Gasteiger partial charge in [0.1, 0.15) is 12.4 Å². The van der Waals surface area contributed by atoms with Crippen LogP contribution in [0.3, 0.4) is 0 Å². The predicted molar refractivity (Wildman–Crippen MR) is 135 cm³/mol. The molecule has 9 nitrogen and oxygen atoms in total. The lowest BCUT2D eigenvalue weighted by Crippen LogP contribution is -2.42. The lowest BCUT2D eigenvalue weighted by atomic mass is 10.1. The van der Waals surface area contributed by atoms with Gasteiger partial charge in [-0.25, -0.2) is 4.98 Å². The Morgan fingerprint density at radius 1 is 0.944 bits per heavy atom. The molecule has 36 heavy (non-hydrogen) atoms. The Morgan fingerprint density at radius 2 is 1.72 bits per heavy atom. The van der Waals surface area contributed by atoms with Gasteiger partial charge in [-0.3, -0.25) is 28.6 Å². The van der Waals surface area contributed by atoms with Gasteiger partial charge in [0.15, 0.2) is 0 Å². The first kappa shape index (κ1) is 21.7. The van der Waals surface area contributed by atoms with Gasteiger partial charge in [0.05, 0.1) is 22.3 Å². The number of aryl methyl sites for hydroxylation is 1. The third-order valence-corrected chi connectivity index (χ3v) is 6.48. The van der Waals surface area contributed by atoms with Crippen LogP contribution in [0.4, 0.5) is 17.1 Å². The molecule has 2 aliphatic rings. The molecule has 1 aromatic heterocycles. The van der Waals surface area contributed by atoms with Crippen LogP contribution in [0.25, 0.3) is 10.9 Å². The second-order valence-corrected chi connectivity index (χ2v) is 8.81. The molecule has 3 heterocycles. The molecule has 4 aromatic rings. The van der Waals surface area contributed by atoms with Crippen LogP contribution >= 0.6 is 0 Å². The van der Waals surface area contributed by atoms with E-state index in [-0.39, 0.29) is 29.8 Å². The van der Waals surface area contributed by atoms with Crippen LogP contribution in [0, 0.1) is 0 Å². The summed E-state index contributed by atoms with van der Waals surface area (Å²) in [4.78, 5) is 56.7. The zero-order chi connectivity index (χ0) is 24.8. The summed E-state index contributed by atoms with van der Waals surface area (Å²) in [5.74, 6) is -0.169. The number of anilines is 3. The summed E-state index contributed by atoms with van der Waals surface area (Å²) in [5.41, 5.74) is 2.94. The number of carbonyl (C=O) groups is 3. The van der Waals surface area contributed by atoms with Crippen molar-refractivity contribution in [3.05, 3.63) is 94.0 Å². The number of nitrogens with one attached hydrogen (secondary N) is 2. The van der Waals surface area contributed by atoms with Crippen molar-refractivity contribution in [2.75, 3.05) is 22.1 Å². The van der Waals surface area contributed by atoms with E-state index in [0.717, 1.165) is 18.7 Å². The van der Waals surface area contributed by atoms with Crippen molar-refractivity contribution < 1.29 is 14.4 Å². The van der Waals surface area contributed by atoms with Crippen molar-refractivity contribution in [1.82, 2.24) is 9.55 Å². The molecular weight excluding hydrogens is 458 g/mol. The van der Waals surface area contributed by atoms with E-state index in [1.165, 1.54) is 4.90 Å². The predicted octanol–water partition coefficient (Wildman–Crippen LogP) is 3.19. The summed E-state index contributed by atoms with van der Waals surface area (Å²) in [6, 6.07) is 18.5. The van der Waals surface area contributed by atoms with E-state index in [1.807, 2.05) is 6.07 Å². The molecule has 2 aliphatic heterocycles. The van der Waals surface area contributed by atoms with E-state index in [0.29, 0.717) is 45.6 Å². The summed E-state index contributed by atoms with van der Waals surface area (Å²) in [6.07, 6.45) is 1.64. The Morgan fingerprint density at radius 3 is 2.56 bits per heavy atom. The van der Waals surface area contributed by atoms with E-state index in [4.69, 9.17) is 0 Å². The molecule has 0 saturated carbocycles. The van der Waals surface area contributed by atoms with E-state index >= 15 is 0 Å². The molecule has 0 spiro atoms. The number of hydrogen-bond acceptors (Lipinski definition) is 5. The average Bonchev–Trinajstić information content (AvgIpc) is 3.37. The molecule has 0 unspecified atom stereocenters. The number of fused-ring (bicyclic) bond motifs is 3. The summed E-state index contributed by atoms with van der Waals surface area (Å²) in [5, 5.41) is 6.08. The molecular formula is C27H21N5O4. The van der Waals surface area contributed by atoms with Gasteiger partial charge < -0.3 is 10.6 Å². The quantitative estimate of drug-likeness (QED) is 0.469. The maximum absolute atomic E-state index is 13.1. The van der Waals surface area contributed by atoms with Crippen LogP contribution in [0.2, 0.25) is 0 Å². The number of hydrogen-bond donors (Lipinski definition) is 2. The maximum atomic E-state index is 13.1. The molecule has 3 amide bonds. The Balaban J connectivity index is 1.21. The van der Waals surface area contributed by atoms with Crippen molar-refractivity contribution in [3.63, 3.8) is 0 Å². The van der Waals surface area contributed by atoms with E-state index in [2.05, 4.69) is 15.6 Å². The number of amides is 3. The molecule has 0 bridgehead atoms. The molecule has 0 aliphatic carbocycles. The van der Waals surface area contributed by atoms with Crippen LogP contribution in [0.15, 0.2) is 71.5 Å². The number of para-hydroxylation sites is 2. The van der Waals surface area contributed by atoms with Gasteiger partial charge in [0.25, 0.3) is 17.4 Å². The number of carbonyl (C=O) groups excluding carboxylic acids is 3. The van der Waals surface area contributed by atoms with Crippen molar-refractivity contribution >= 4 is 45.7 Å². The van der Waals surface area contributed by atoms with Crippen LogP contribution in [0.5, 0.6) is 0 Å². The average molecular weight is 479 g/mol. The van der Waals surface area contributed by atoms with Crippen molar-refractivity contribution in [1.29, 1.82) is 0 Å². The summed E-state index contributed by atoms with van der Waals surface area (Å²) in [6.45, 7) is 0.604. The van der Waals surface area contributed by atoms with E-state index in [1.54, 1.807) is 65.2 Å². The monoisotopic (exact) mass is 479 g/mol. The van der Waals surface area contributed by atoms with Crippen molar-refractivity contribution in [2.24, 2.45) is 0 Å². The number of aromatic nitrogens is 2. The minimum Gasteiger partial charge on any atom is -0.323 e. The molecule has 0 atom stereocenters. The highest BCUT2D eigenvalue weighted by molar-refractivity contribution is 6.15. The molecule has 178 valence electrons. The fourth-order valence-electron chi connectivity index (χ4n) is 4.69. The summed E-state index contributed by atoms with van der Waals surface area (Å²) in [7, 11) is 0. The van der Waals surface area contributed by atoms with Gasteiger partial charge in [0, 0.05) is 29.8 Å². The first-order chi connectivity index (χ1) is 17.5. The molecule has 9 heteroatoms. The minimum absolute atomic E-state index is 0.0723. The van der Waals surface area contributed by atoms with Crippen LogP contribution < -0.4 is 21.1 Å². The molecule has 2 N–H and O–H groups in total. The summed E-state index contributed by atoms with van der Waals surface area (Å²) >= 11 is 0. The Labute approximate surface area is 205 Å². The van der Waals surface area contributed by atoms with Crippen molar-refractivity contribution in [3.8, 4) is 0 Å². The largest absolute Gasteiger partial charge is 0.323 e. The highest BCUT2D eigenvalue weighted by Gasteiger charge is 2.27. The zero-order valence-corrected chi connectivity index (χ0v) is 19.2. The van der Waals surface area contributed by atoms with Crippen LogP contribution in [-0.2, 0) is 17.8 Å². The van der Waals surface area contributed by atoms with E-state index < -0.39 is 0 Å². The SMILES string of the molecule is O=C1CN(C(=O)c2ccc(NC(=O)c3ccc4c(=O)n5c(nc4c3)CCC5)cc2)c2ccccc2N1. The third kappa shape index (κ3) is 3.70. The molecule has 0 fully saturated rings. The second kappa shape index (κ2) is 8.46. The first-order valence-corrected chi connectivity index (χ1v) is 11.6. The summed E-state index contributed by atoms with van der Waals surface area (Å²) < 4.78 is 1.69. The third-order valence-electron chi connectivity index (χ3n) is 6.48. The van der Waals surface area contributed by atoms with Gasteiger partial charge >= 0.3 is 0 Å². The normalized spacial score (nSPS) is 14.2. The molecule has 0 radical (unpaired) electrons. The highest BCUT2D eigenvalue weighted by Crippen LogP contribution is 2.30. The molecule has 6 rings (SSSR count). The van der Waals surface area contributed by atoms with Gasteiger partial charge in [-0.05, 0) is 61.0 Å². The fraction of sp³-hybridized carbons (Fsp3) is 0.148. The van der Waals surface area contributed by atoms with E-state index in [9.17, 15) is 19.2 Å². The standard InChI is InChI=1S/C27H21N5O4/c33-24-15-32(22-5-2-1-4-20(22)30-24)26(35)16-7-10-18(11-8-16)28-25(34)17-9-12-19-21(14-17)29-23-6-3-13-31(23)27(19)36/h1-2,4-5,7-12,14H,3,6,13,15H2,(H,28,34)(H,30,33). The van der Waals surface area contributed by atoms with Gasteiger partial charge in [-0.15, -0.1) is 0 Å². The topological polar surface area (TPSA) is 113 Å². The van der Waals surface area contributed by atoms with Gasteiger partial charge in [-0.1, -0.05) is 12.1 Å². The first-order valence-electron chi connectivity index (χ1n) is 11.6. The van der Waals surface area contributed by atoms with Crippen LogP contribution in [-0.4, -0.2) is 33.8 Å². The molecule has 0 saturated heterocycles. The van der Waals surface area contributed by atoms with Crippen LogP contribution in [0.1, 0.15) is 33.0 Å². The lowest BCUT2D eigenvalue weighted by Gasteiger charge is -2.29. The number of rotatable bonds is 3. The number of benzene rings is 3. The van der Waals surface area contributed by atoms with Gasteiger partial charge in [-0.2, -0.15) is 0 Å². The zero-order valence-electron chi connectivity index (χ0n) is 19.2. The minimum atomic E-state index is -0.347. The maximum Gasteiger partial charge on any atom is 0.261 e. The Kier molecular flexibility index (Phi) is 5.10. The number of nitrogens with zero attached hydrogens (tertiary/aromatic N) is 3. The highest BCUT2D eigenvalue weighted by atomic mass is 16.2.